The molecule has 0 spiro atoms. The van der Waals surface area contributed by atoms with Gasteiger partial charge in [-0.2, -0.15) is 5.10 Å². The zero-order valence-corrected chi connectivity index (χ0v) is 16.4. The molecular weight excluding hydrogens is 366 g/mol. The maximum Gasteiger partial charge on any atom is 0.267 e. The maximum absolute atomic E-state index is 12.8. The highest BCUT2D eigenvalue weighted by Crippen LogP contribution is 2.18. The lowest BCUT2D eigenvalue weighted by Crippen LogP contribution is -2.50. The number of carbonyl (C=O) groups is 1. The van der Waals surface area contributed by atoms with E-state index in [9.17, 15) is 9.59 Å². The monoisotopic (exact) mass is 389 g/mol. The molecule has 0 N–H and O–H groups in total. The summed E-state index contributed by atoms with van der Waals surface area (Å²) >= 11 is 0. The van der Waals surface area contributed by atoms with Gasteiger partial charge in [0.15, 0.2) is 0 Å². The van der Waals surface area contributed by atoms with Gasteiger partial charge in [0.1, 0.15) is 6.54 Å². The van der Waals surface area contributed by atoms with E-state index in [4.69, 9.17) is 0 Å². The highest BCUT2D eigenvalue weighted by Gasteiger charge is 2.22. The zero-order valence-electron chi connectivity index (χ0n) is 16.4. The van der Waals surface area contributed by atoms with Crippen LogP contribution in [-0.4, -0.2) is 51.8 Å². The molecule has 0 saturated carbocycles. The molecule has 0 unspecified atom stereocenters. The molecular formula is C22H23N5O2. The number of rotatable bonds is 4. The SMILES string of the molecule is Cc1cccc(N2CCN(C(=O)Cn3nc(-c4cccnc4)ccc3=O)CC2)c1. The van der Waals surface area contributed by atoms with Gasteiger partial charge in [0, 0.05) is 55.9 Å². The average Bonchev–Trinajstić information content (AvgIpc) is 2.76. The Morgan fingerprint density at radius 3 is 2.59 bits per heavy atom. The van der Waals surface area contributed by atoms with E-state index in [-0.39, 0.29) is 18.0 Å². The third kappa shape index (κ3) is 4.34. The van der Waals surface area contributed by atoms with Crippen molar-refractivity contribution in [3.63, 3.8) is 0 Å². The number of anilines is 1. The minimum Gasteiger partial charge on any atom is -0.368 e. The Morgan fingerprint density at radius 1 is 1.03 bits per heavy atom. The summed E-state index contributed by atoms with van der Waals surface area (Å²) in [6.45, 7) is 4.82. The van der Waals surface area contributed by atoms with Crippen LogP contribution in [0.5, 0.6) is 0 Å². The molecule has 1 saturated heterocycles. The van der Waals surface area contributed by atoms with Crippen molar-refractivity contribution in [3.05, 3.63) is 76.8 Å². The fourth-order valence-corrected chi connectivity index (χ4v) is 3.50. The average molecular weight is 389 g/mol. The number of hydrogen-bond donors (Lipinski definition) is 0. The zero-order chi connectivity index (χ0) is 20.2. The van der Waals surface area contributed by atoms with Crippen molar-refractivity contribution in [1.82, 2.24) is 19.7 Å². The van der Waals surface area contributed by atoms with Crippen molar-refractivity contribution in [2.75, 3.05) is 31.1 Å². The predicted octanol–water partition coefficient (Wildman–Crippen LogP) is 1.96. The number of carbonyl (C=O) groups excluding carboxylic acids is 1. The molecule has 0 atom stereocenters. The number of amides is 1. The van der Waals surface area contributed by atoms with Crippen molar-refractivity contribution >= 4 is 11.6 Å². The Bertz CT molecular complexity index is 1060. The summed E-state index contributed by atoms with van der Waals surface area (Å²) in [7, 11) is 0. The summed E-state index contributed by atoms with van der Waals surface area (Å²) in [5.41, 5.74) is 3.54. The number of hydrogen-bond acceptors (Lipinski definition) is 5. The van der Waals surface area contributed by atoms with Crippen LogP contribution in [0.4, 0.5) is 5.69 Å². The summed E-state index contributed by atoms with van der Waals surface area (Å²) in [5.74, 6) is -0.0909. The summed E-state index contributed by atoms with van der Waals surface area (Å²) in [5, 5.41) is 4.36. The Balaban J connectivity index is 1.42. The highest BCUT2D eigenvalue weighted by atomic mass is 16.2. The van der Waals surface area contributed by atoms with Gasteiger partial charge in [-0.15, -0.1) is 0 Å². The van der Waals surface area contributed by atoms with E-state index in [1.54, 1.807) is 23.4 Å². The van der Waals surface area contributed by atoms with Gasteiger partial charge < -0.3 is 9.80 Å². The van der Waals surface area contributed by atoms with Gasteiger partial charge in [0.2, 0.25) is 5.91 Å². The summed E-state index contributed by atoms with van der Waals surface area (Å²) in [6.07, 6.45) is 3.36. The molecule has 2 aromatic heterocycles. The van der Waals surface area contributed by atoms with Crippen molar-refractivity contribution in [3.8, 4) is 11.3 Å². The van der Waals surface area contributed by atoms with E-state index in [2.05, 4.69) is 46.2 Å². The molecule has 7 heteroatoms. The second-order valence-corrected chi connectivity index (χ2v) is 7.16. The number of aromatic nitrogens is 3. The molecule has 1 aliphatic heterocycles. The quantitative estimate of drug-likeness (QED) is 0.682. The van der Waals surface area contributed by atoms with Crippen LogP contribution in [0.3, 0.4) is 0 Å². The van der Waals surface area contributed by atoms with Gasteiger partial charge in [-0.1, -0.05) is 12.1 Å². The number of pyridine rings is 1. The van der Waals surface area contributed by atoms with E-state index in [0.29, 0.717) is 18.8 Å². The highest BCUT2D eigenvalue weighted by molar-refractivity contribution is 5.76. The first-order valence-corrected chi connectivity index (χ1v) is 9.68. The number of aryl methyl sites for hydroxylation is 1. The molecule has 7 nitrogen and oxygen atoms in total. The minimum atomic E-state index is -0.288. The molecule has 29 heavy (non-hydrogen) atoms. The first-order valence-electron chi connectivity index (χ1n) is 9.68. The van der Waals surface area contributed by atoms with Crippen molar-refractivity contribution in [1.29, 1.82) is 0 Å². The van der Waals surface area contributed by atoms with Crippen molar-refractivity contribution < 1.29 is 4.79 Å². The lowest BCUT2D eigenvalue weighted by molar-refractivity contribution is -0.132. The van der Waals surface area contributed by atoms with Gasteiger partial charge in [0.05, 0.1) is 5.69 Å². The van der Waals surface area contributed by atoms with Crippen molar-refractivity contribution in [2.45, 2.75) is 13.5 Å². The van der Waals surface area contributed by atoms with Gasteiger partial charge in [0.25, 0.3) is 5.56 Å². The van der Waals surface area contributed by atoms with Crippen LogP contribution in [-0.2, 0) is 11.3 Å². The first-order chi connectivity index (χ1) is 14.1. The van der Waals surface area contributed by atoms with Crippen LogP contribution in [0.2, 0.25) is 0 Å². The van der Waals surface area contributed by atoms with Crippen LogP contribution < -0.4 is 10.5 Å². The number of nitrogens with zero attached hydrogens (tertiary/aromatic N) is 5. The lowest BCUT2D eigenvalue weighted by atomic mass is 10.2. The topological polar surface area (TPSA) is 71.3 Å². The molecule has 0 radical (unpaired) electrons. The van der Waals surface area contributed by atoms with Crippen LogP contribution in [0.25, 0.3) is 11.3 Å². The lowest BCUT2D eigenvalue weighted by Gasteiger charge is -2.36. The minimum absolute atomic E-state index is 0.0582. The fraction of sp³-hybridized carbons (Fsp3) is 0.273. The van der Waals surface area contributed by atoms with E-state index in [0.717, 1.165) is 18.7 Å². The number of benzene rings is 1. The molecule has 1 fully saturated rings. The number of piperazine rings is 1. The van der Waals surface area contributed by atoms with Gasteiger partial charge in [-0.25, -0.2) is 4.68 Å². The third-order valence-corrected chi connectivity index (χ3v) is 5.11. The van der Waals surface area contributed by atoms with Gasteiger partial charge >= 0.3 is 0 Å². The van der Waals surface area contributed by atoms with Crippen LogP contribution >= 0.6 is 0 Å². The Kier molecular flexibility index (Phi) is 5.37. The molecule has 3 heterocycles. The predicted molar refractivity (Wildman–Crippen MR) is 112 cm³/mol. The molecule has 1 amide bonds. The Morgan fingerprint density at radius 2 is 1.86 bits per heavy atom. The maximum atomic E-state index is 12.8. The fourth-order valence-electron chi connectivity index (χ4n) is 3.50. The summed E-state index contributed by atoms with van der Waals surface area (Å²) < 4.78 is 1.23. The molecule has 1 aromatic carbocycles. The van der Waals surface area contributed by atoms with E-state index in [1.165, 1.54) is 22.0 Å². The standard InChI is InChI=1S/C22H23N5O2/c1-17-4-2-6-19(14-17)25-10-12-26(13-11-25)22(29)16-27-21(28)8-7-20(24-27)18-5-3-9-23-15-18/h2-9,14-15H,10-13,16H2,1H3. The molecule has 148 valence electrons. The third-order valence-electron chi connectivity index (χ3n) is 5.11. The first kappa shape index (κ1) is 18.9. The van der Waals surface area contributed by atoms with Crippen molar-refractivity contribution in [2.24, 2.45) is 0 Å². The molecule has 4 rings (SSSR count). The molecule has 0 aliphatic carbocycles. The summed E-state index contributed by atoms with van der Waals surface area (Å²) in [4.78, 5) is 33.1. The molecule has 1 aliphatic rings. The second kappa shape index (κ2) is 8.26. The van der Waals surface area contributed by atoms with E-state index in [1.807, 2.05) is 12.1 Å². The van der Waals surface area contributed by atoms with E-state index < -0.39 is 0 Å². The second-order valence-electron chi connectivity index (χ2n) is 7.16. The van der Waals surface area contributed by atoms with Gasteiger partial charge in [-0.3, -0.25) is 14.6 Å². The Labute approximate surface area is 169 Å². The molecule has 3 aromatic rings. The van der Waals surface area contributed by atoms with E-state index >= 15 is 0 Å². The smallest absolute Gasteiger partial charge is 0.267 e. The molecule has 0 bridgehead atoms. The summed E-state index contributed by atoms with van der Waals surface area (Å²) in [6, 6.07) is 15.2. The normalized spacial score (nSPS) is 14.1. The van der Waals surface area contributed by atoms with Crippen LogP contribution in [0, 0.1) is 6.92 Å². The van der Waals surface area contributed by atoms with Gasteiger partial charge in [-0.05, 0) is 42.8 Å². The largest absolute Gasteiger partial charge is 0.368 e. The Hall–Kier alpha value is -3.48. The van der Waals surface area contributed by atoms with Crippen LogP contribution in [0.15, 0.2) is 65.7 Å². The van der Waals surface area contributed by atoms with Crippen LogP contribution in [0.1, 0.15) is 5.56 Å².